The van der Waals surface area contributed by atoms with E-state index in [1.165, 1.54) is 4.40 Å². The summed E-state index contributed by atoms with van der Waals surface area (Å²) in [5.74, 6) is 1.06. The maximum absolute atomic E-state index is 11.4. The van der Waals surface area contributed by atoms with Gasteiger partial charge in [-0.1, -0.05) is 24.3 Å². The molecule has 0 N–H and O–H groups in total. The van der Waals surface area contributed by atoms with Crippen LogP contribution in [-0.2, 0) is 0 Å². The molecule has 0 saturated carbocycles. The molecule has 2 aromatic heterocycles. The Morgan fingerprint density at radius 1 is 1.22 bits per heavy atom. The Balaban J connectivity index is 1.76. The number of para-hydroxylation sites is 1. The largest absolute Gasteiger partial charge is 0.492 e. The molecule has 0 unspecified atom stereocenters. The highest BCUT2D eigenvalue weighted by atomic mass is 16.6. The van der Waals surface area contributed by atoms with Crippen LogP contribution in [0.25, 0.3) is 5.65 Å². The monoisotopic (exact) mass is 312 g/mol. The molecule has 0 radical (unpaired) electrons. The number of likely N-dealkylation sites (N-methyl/N-ethyl adjacent to an activating group) is 1. The summed E-state index contributed by atoms with van der Waals surface area (Å²) in [4.78, 5) is 17.1. The van der Waals surface area contributed by atoms with Crippen LogP contribution in [0.15, 0.2) is 54.7 Å². The number of nitrogens with zero attached hydrogens (tertiary/aromatic N) is 4. The molecule has 0 aliphatic carbocycles. The number of hydrogen-bond acceptors (Lipinski definition) is 5. The van der Waals surface area contributed by atoms with Gasteiger partial charge >= 0.3 is 5.82 Å². The molecule has 0 atom stereocenters. The number of anilines is 1. The average Bonchev–Trinajstić information content (AvgIpc) is 2.95. The number of aromatic nitrogens is 2. The van der Waals surface area contributed by atoms with Gasteiger partial charge in [0.2, 0.25) is 11.5 Å². The van der Waals surface area contributed by atoms with E-state index in [2.05, 4.69) is 4.98 Å². The van der Waals surface area contributed by atoms with Crippen molar-refractivity contribution in [1.82, 2.24) is 9.38 Å². The number of nitro groups is 1. The van der Waals surface area contributed by atoms with Crippen molar-refractivity contribution in [2.24, 2.45) is 0 Å². The van der Waals surface area contributed by atoms with Gasteiger partial charge < -0.3 is 19.8 Å². The molecule has 7 heteroatoms. The topological polar surface area (TPSA) is 72.9 Å². The Morgan fingerprint density at radius 2 is 1.96 bits per heavy atom. The zero-order valence-electron chi connectivity index (χ0n) is 12.6. The van der Waals surface area contributed by atoms with Crippen LogP contribution >= 0.6 is 0 Å². The van der Waals surface area contributed by atoms with E-state index in [9.17, 15) is 10.1 Å². The first-order chi connectivity index (χ1) is 11.2. The fraction of sp³-hybridized carbons (Fsp3) is 0.188. The van der Waals surface area contributed by atoms with Gasteiger partial charge in [0, 0.05) is 13.1 Å². The first kappa shape index (κ1) is 14.8. The maximum atomic E-state index is 11.4. The van der Waals surface area contributed by atoms with E-state index in [0.717, 1.165) is 5.75 Å². The standard InChI is InChI=1S/C16H16N4O3/c1-18(11-12-23-13-7-3-2-4-8-13)15-16(20(21)22)19-10-6-5-9-14(19)17-15/h2-10H,11-12H2,1H3. The number of pyridine rings is 1. The molecule has 0 aliphatic rings. The minimum Gasteiger partial charge on any atom is -0.492 e. The van der Waals surface area contributed by atoms with Crippen LogP contribution in [0.5, 0.6) is 5.75 Å². The third kappa shape index (κ3) is 3.08. The summed E-state index contributed by atoms with van der Waals surface area (Å²) in [5, 5.41) is 11.4. The first-order valence-corrected chi connectivity index (χ1v) is 7.17. The maximum Gasteiger partial charge on any atom is 0.372 e. The van der Waals surface area contributed by atoms with Gasteiger partial charge in [-0.15, -0.1) is 0 Å². The summed E-state index contributed by atoms with van der Waals surface area (Å²) in [6.45, 7) is 0.894. The Bertz CT molecular complexity index is 817. The molecule has 0 saturated heterocycles. The quantitative estimate of drug-likeness (QED) is 0.517. The van der Waals surface area contributed by atoms with Crippen molar-refractivity contribution in [3.05, 3.63) is 64.8 Å². The lowest BCUT2D eigenvalue weighted by Crippen LogP contribution is -2.24. The molecule has 1 aromatic carbocycles. The van der Waals surface area contributed by atoms with Crippen LogP contribution in [0.3, 0.4) is 0 Å². The molecule has 0 bridgehead atoms. The molecule has 3 rings (SSSR count). The van der Waals surface area contributed by atoms with Crippen LogP contribution in [0.4, 0.5) is 11.6 Å². The van der Waals surface area contributed by atoms with Crippen molar-refractivity contribution in [2.75, 3.05) is 25.1 Å². The molecule has 0 aliphatic heterocycles. The van der Waals surface area contributed by atoms with E-state index in [-0.39, 0.29) is 5.82 Å². The van der Waals surface area contributed by atoms with E-state index >= 15 is 0 Å². The summed E-state index contributed by atoms with van der Waals surface area (Å²) in [7, 11) is 1.77. The summed E-state index contributed by atoms with van der Waals surface area (Å²) >= 11 is 0. The Morgan fingerprint density at radius 3 is 2.70 bits per heavy atom. The molecule has 0 fully saturated rings. The second kappa shape index (κ2) is 6.35. The third-order valence-corrected chi connectivity index (χ3v) is 3.46. The van der Waals surface area contributed by atoms with E-state index in [0.29, 0.717) is 24.6 Å². The molecule has 118 valence electrons. The average molecular weight is 312 g/mol. The van der Waals surface area contributed by atoms with Crippen LogP contribution in [0, 0.1) is 10.1 Å². The summed E-state index contributed by atoms with van der Waals surface area (Å²) in [5.41, 5.74) is 0.546. The SMILES string of the molecule is CN(CCOc1ccccc1)c1nc2ccccn2c1[N+](=O)[O-]. The lowest BCUT2D eigenvalue weighted by atomic mass is 10.3. The first-order valence-electron chi connectivity index (χ1n) is 7.17. The van der Waals surface area contributed by atoms with Crippen LogP contribution < -0.4 is 9.64 Å². The van der Waals surface area contributed by atoms with Gasteiger partial charge in [0.15, 0.2) is 0 Å². The van der Waals surface area contributed by atoms with Gasteiger partial charge in [-0.25, -0.2) is 0 Å². The summed E-state index contributed by atoms with van der Waals surface area (Å²) in [6, 6.07) is 14.7. The second-order valence-electron chi connectivity index (χ2n) is 5.03. The van der Waals surface area contributed by atoms with Gasteiger partial charge in [0.05, 0.1) is 12.7 Å². The van der Waals surface area contributed by atoms with Gasteiger partial charge in [-0.2, -0.15) is 9.38 Å². The van der Waals surface area contributed by atoms with Crippen molar-refractivity contribution in [3.63, 3.8) is 0 Å². The zero-order valence-corrected chi connectivity index (χ0v) is 12.6. The highest BCUT2D eigenvalue weighted by molar-refractivity contribution is 5.63. The van der Waals surface area contributed by atoms with Crippen molar-refractivity contribution in [2.45, 2.75) is 0 Å². The number of ether oxygens (including phenoxy) is 1. The molecular formula is C16H16N4O3. The van der Waals surface area contributed by atoms with Gasteiger partial charge in [-0.05, 0) is 23.1 Å². The smallest absolute Gasteiger partial charge is 0.372 e. The van der Waals surface area contributed by atoms with E-state index in [1.807, 2.05) is 30.3 Å². The minimum absolute atomic E-state index is 0.0391. The Kier molecular flexibility index (Phi) is 4.09. The van der Waals surface area contributed by atoms with E-state index in [4.69, 9.17) is 4.74 Å². The summed E-state index contributed by atoms with van der Waals surface area (Å²) < 4.78 is 7.10. The van der Waals surface area contributed by atoms with Crippen LogP contribution in [-0.4, -0.2) is 34.5 Å². The normalized spacial score (nSPS) is 10.7. The number of imidazole rings is 1. The lowest BCUT2D eigenvalue weighted by Gasteiger charge is -2.16. The van der Waals surface area contributed by atoms with Crippen LogP contribution in [0.1, 0.15) is 0 Å². The Labute approximate surface area is 132 Å². The van der Waals surface area contributed by atoms with E-state index < -0.39 is 4.92 Å². The minimum atomic E-state index is -0.413. The van der Waals surface area contributed by atoms with E-state index in [1.54, 1.807) is 36.3 Å². The Hall–Kier alpha value is -3.09. The van der Waals surface area contributed by atoms with Gasteiger partial charge in [-0.3, -0.25) is 0 Å². The third-order valence-electron chi connectivity index (χ3n) is 3.46. The predicted octanol–water partition coefficient (Wildman–Crippen LogP) is 2.76. The van der Waals surface area contributed by atoms with Gasteiger partial charge in [0.25, 0.3) is 0 Å². The number of fused-ring (bicyclic) bond motifs is 1. The molecule has 2 heterocycles. The highest BCUT2D eigenvalue weighted by Gasteiger charge is 2.24. The fourth-order valence-corrected chi connectivity index (χ4v) is 2.32. The van der Waals surface area contributed by atoms with Crippen molar-refractivity contribution in [1.29, 1.82) is 0 Å². The predicted molar refractivity (Wildman–Crippen MR) is 87.1 cm³/mol. The number of hydrogen-bond donors (Lipinski definition) is 0. The lowest BCUT2D eigenvalue weighted by molar-refractivity contribution is -0.389. The molecule has 23 heavy (non-hydrogen) atoms. The number of benzene rings is 1. The van der Waals surface area contributed by atoms with Crippen molar-refractivity contribution >= 4 is 17.3 Å². The fourth-order valence-electron chi connectivity index (χ4n) is 2.32. The van der Waals surface area contributed by atoms with Crippen LogP contribution in [0.2, 0.25) is 0 Å². The van der Waals surface area contributed by atoms with Crippen molar-refractivity contribution < 1.29 is 9.66 Å². The molecular weight excluding hydrogens is 296 g/mol. The summed E-state index contributed by atoms with van der Waals surface area (Å²) in [6.07, 6.45) is 1.64. The highest BCUT2D eigenvalue weighted by Crippen LogP contribution is 2.27. The number of rotatable bonds is 6. The molecule has 0 amide bonds. The molecule has 3 aromatic rings. The molecule has 0 spiro atoms. The van der Waals surface area contributed by atoms with Gasteiger partial charge in [0.1, 0.15) is 12.4 Å². The zero-order chi connectivity index (χ0) is 16.2. The molecule has 7 nitrogen and oxygen atoms in total. The van der Waals surface area contributed by atoms with Crippen molar-refractivity contribution in [3.8, 4) is 5.75 Å². The second-order valence-corrected chi connectivity index (χ2v) is 5.03.